The first kappa shape index (κ1) is 28.1. The minimum atomic E-state index is -2.93. The van der Waals surface area contributed by atoms with Gasteiger partial charge >= 0.3 is 0 Å². The molecule has 1 aromatic heterocycles. The van der Waals surface area contributed by atoms with Gasteiger partial charge in [-0.1, -0.05) is 30.3 Å². The molecule has 0 bridgehead atoms. The molecule has 0 fully saturated rings. The SMILES string of the molecule is COc1cc2ncnc(Nc3ccc(OCc4ccccc4)cc3)c2cc1NCCCCNCCS(C)(=O)=O. The van der Waals surface area contributed by atoms with Gasteiger partial charge in [0.15, 0.2) is 0 Å². The van der Waals surface area contributed by atoms with Crippen molar-refractivity contribution in [2.75, 3.05) is 49.4 Å². The summed E-state index contributed by atoms with van der Waals surface area (Å²) in [5.74, 6) is 2.35. The summed E-state index contributed by atoms with van der Waals surface area (Å²) >= 11 is 0. The van der Waals surface area contributed by atoms with E-state index in [1.54, 1.807) is 7.11 Å². The van der Waals surface area contributed by atoms with E-state index in [9.17, 15) is 8.42 Å². The molecular weight excluding hydrogens is 514 g/mol. The van der Waals surface area contributed by atoms with Crippen molar-refractivity contribution < 1.29 is 17.9 Å². The van der Waals surface area contributed by atoms with Crippen LogP contribution in [-0.2, 0) is 16.4 Å². The highest BCUT2D eigenvalue weighted by Gasteiger charge is 2.11. The Bertz CT molecular complexity index is 1450. The first-order valence-electron chi connectivity index (χ1n) is 12.9. The van der Waals surface area contributed by atoms with E-state index in [4.69, 9.17) is 9.47 Å². The molecule has 0 saturated heterocycles. The number of ether oxygens (including phenoxy) is 2. The standard InChI is InChI=1S/C29H35N5O4S/c1-37-28-19-26-25(18-27(28)31-15-7-6-14-30-16-17-39(2,35)36)29(33-21-32-26)34-23-10-12-24(13-11-23)38-20-22-8-4-3-5-9-22/h3-5,8-13,18-19,21,30-31H,6-7,14-17,20H2,1-2H3,(H,32,33,34). The van der Waals surface area contributed by atoms with Gasteiger partial charge in [0.2, 0.25) is 0 Å². The Labute approximate surface area is 229 Å². The number of rotatable bonds is 15. The second-order valence-corrected chi connectivity index (χ2v) is 11.5. The van der Waals surface area contributed by atoms with E-state index in [0.29, 0.717) is 24.7 Å². The fraction of sp³-hybridized carbons (Fsp3) is 0.310. The molecule has 0 spiro atoms. The predicted molar refractivity (Wildman–Crippen MR) is 157 cm³/mol. The molecule has 0 radical (unpaired) electrons. The van der Waals surface area contributed by atoms with Gasteiger partial charge in [0.05, 0.1) is 24.1 Å². The molecule has 3 aromatic carbocycles. The van der Waals surface area contributed by atoms with Crippen molar-refractivity contribution in [1.29, 1.82) is 0 Å². The lowest BCUT2D eigenvalue weighted by atomic mass is 10.1. The number of anilines is 3. The first-order valence-corrected chi connectivity index (χ1v) is 15.0. The van der Waals surface area contributed by atoms with Crippen molar-refractivity contribution in [1.82, 2.24) is 15.3 Å². The number of benzene rings is 3. The summed E-state index contributed by atoms with van der Waals surface area (Å²) in [5.41, 5.74) is 3.63. The number of methoxy groups -OCH3 is 1. The normalized spacial score (nSPS) is 11.3. The summed E-state index contributed by atoms with van der Waals surface area (Å²) in [5, 5.41) is 10.9. The Hall–Kier alpha value is -3.89. The molecule has 0 saturated carbocycles. The van der Waals surface area contributed by atoms with Crippen LogP contribution in [0.15, 0.2) is 73.1 Å². The molecule has 39 heavy (non-hydrogen) atoms. The summed E-state index contributed by atoms with van der Waals surface area (Å²) in [6, 6.07) is 21.7. The lowest BCUT2D eigenvalue weighted by Gasteiger charge is -2.15. The maximum atomic E-state index is 11.2. The average Bonchev–Trinajstić information content (AvgIpc) is 2.94. The van der Waals surface area contributed by atoms with Gasteiger partial charge in [-0.3, -0.25) is 0 Å². The monoisotopic (exact) mass is 549 g/mol. The molecule has 0 aliphatic carbocycles. The Morgan fingerprint density at radius 3 is 2.41 bits per heavy atom. The van der Waals surface area contributed by atoms with Gasteiger partial charge in [0.25, 0.3) is 0 Å². The smallest absolute Gasteiger partial charge is 0.148 e. The van der Waals surface area contributed by atoms with Crippen LogP contribution in [0.5, 0.6) is 11.5 Å². The van der Waals surface area contributed by atoms with Gasteiger partial charge in [-0.15, -0.1) is 0 Å². The van der Waals surface area contributed by atoms with Gasteiger partial charge in [-0.25, -0.2) is 18.4 Å². The van der Waals surface area contributed by atoms with E-state index >= 15 is 0 Å². The molecule has 1 heterocycles. The molecular formula is C29H35N5O4S. The van der Waals surface area contributed by atoms with Crippen molar-refractivity contribution >= 4 is 37.9 Å². The molecule has 0 unspecified atom stereocenters. The summed E-state index contributed by atoms with van der Waals surface area (Å²) in [6.07, 6.45) is 4.63. The quantitative estimate of drug-likeness (QED) is 0.180. The fourth-order valence-corrected chi connectivity index (χ4v) is 4.50. The minimum Gasteiger partial charge on any atom is -0.495 e. The van der Waals surface area contributed by atoms with Crippen molar-refractivity contribution in [2.24, 2.45) is 0 Å². The van der Waals surface area contributed by atoms with E-state index in [1.165, 1.54) is 12.6 Å². The molecule has 9 nitrogen and oxygen atoms in total. The van der Waals surface area contributed by atoms with Crippen LogP contribution in [0.4, 0.5) is 17.2 Å². The van der Waals surface area contributed by atoms with Crippen LogP contribution in [0.2, 0.25) is 0 Å². The maximum absolute atomic E-state index is 11.2. The van der Waals surface area contributed by atoms with Gasteiger partial charge in [0.1, 0.15) is 40.1 Å². The van der Waals surface area contributed by atoms with Crippen molar-refractivity contribution in [3.05, 3.63) is 78.6 Å². The van der Waals surface area contributed by atoms with Crippen LogP contribution in [0.3, 0.4) is 0 Å². The van der Waals surface area contributed by atoms with Crippen molar-refractivity contribution in [3.8, 4) is 11.5 Å². The Morgan fingerprint density at radius 1 is 0.897 bits per heavy atom. The summed E-state index contributed by atoms with van der Waals surface area (Å²) in [4.78, 5) is 8.91. The maximum Gasteiger partial charge on any atom is 0.148 e. The van der Waals surface area contributed by atoms with E-state index in [0.717, 1.165) is 59.5 Å². The Balaban J connectivity index is 1.35. The number of nitrogens with one attached hydrogen (secondary N) is 3. The second-order valence-electron chi connectivity index (χ2n) is 9.23. The molecule has 3 N–H and O–H groups in total. The highest BCUT2D eigenvalue weighted by molar-refractivity contribution is 7.90. The summed E-state index contributed by atoms with van der Waals surface area (Å²) in [7, 11) is -1.29. The van der Waals surface area contributed by atoms with E-state index in [-0.39, 0.29) is 5.75 Å². The second kappa shape index (κ2) is 13.8. The van der Waals surface area contributed by atoms with Gasteiger partial charge < -0.3 is 25.4 Å². The van der Waals surface area contributed by atoms with Gasteiger partial charge in [-0.05, 0) is 55.3 Å². The van der Waals surface area contributed by atoms with Crippen LogP contribution in [-0.4, -0.2) is 57.1 Å². The van der Waals surface area contributed by atoms with Gasteiger partial charge in [0, 0.05) is 36.5 Å². The molecule has 0 atom stereocenters. The number of sulfone groups is 1. The fourth-order valence-electron chi connectivity index (χ4n) is 3.98. The third kappa shape index (κ3) is 8.83. The van der Waals surface area contributed by atoms with Crippen LogP contribution in [0.25, 0.3) is 10.9 Å². The van der Waals surface area contributed by atoms with Crippen LogP contribution >= 0.6 is 0 Å². The Kier molecular flexibility index (Phi) is 9.93. The number of hydrogen-bond donors (Lipinski definition) is 3. The van der Waals surface area contributed by atoms with Crippen LogP contribution in [0.1, 0.15) is 18.4 Å². The zero-order valence-electron chi connectivity index (χ0n) is 22.3. The molecule has 0 aliphatic heterocycles. The van der Waals surface area contributed by atoms with Crippen molar-refractivity contribution in [2.45, 2.75) is 19.4 Å². The van der Waals surface area contributed by atoms with E-state index in [1.807, 2.05) is 66.7 Å². The summed E-state index contributed by atoms with van der Waals surface area (Å²) < 4.78 is 33.9. The molecule has 206 valence electrons. The lowest BCUT2D eigenvalue weighted by Crippen LogP contribution is -2.23. The molecule has 4 aromatic rings. The average molecular weight is 550 g/mol. The van der Waals surface area contributed by atoms with E-state index in [2.05, 4.69) is 25.9 Å². The van der Waals surface area contributed by atoms with Gasteiger partial charge in [-0.2, -0.15) is 0 Å². The number of unbranched alkanes of at least 4 members (excludes halogenated alkanes) is 1. The zero-order valence-corrected chi connectivity index (χ0v) is 23.1. The third-order valence-electron chi connectivity index (χ3n) is 6.07. The zero-order chi connectivity index (χ0) is 27.5. The highest BCUT2D eigenvalue weighted by Crippen LogP contribution is 2.33. The van der Waals surface area contributed by atoms with Crippen LogP contribution in [0, 0.1) is 0 Å². The largest absolute Gasteiger partial charge is 0.495 e. The number of aromatic nitrogens is 2. The Morgan fingerprint density at radius 2 is 1.67 bits per heavy atom. The minimum absolute atomic E-state index is 0.157. The number of nitrogens with zero attached hydrogens (tertiary/aromatic N) is 2. The third-order valence-corrected chi connectivity index (χ3v) is 7.01. The number of fused-ring (bicyclic) bond motifs is 1. The van der Waals surface area contributed by atoms with Crippen molar-refractivity contribution in [3.63, 3.8) is 0 Å². The lowest BCUT2D eigenvalue weighted by molar-refractivity contribution is 0.306. The predicted octanol–water partition coefficient (Wildman–Crippen LogP) is 4.79. The molecule has 10 heteroatoms. The van der Waals surface area contributed by atoms with E-state index < -0.39 is 9.84 Å². The molecule has 0 aliphatic rings. The molecule has 4 rings (SSSR count). The topological polar surface area (TPSA) is 114 Å². The number of hydrogen-bond acceptors (Lipinski definition) is 9. The first-order chi connectivity index (χ1) is 18.9. The highest BCUT2D eigenvalue weighted by atomic mass is 32.2. The van der Waals surface area contributed by atoms with Crippen LogP contribution < -0.4 is 25.4 Å². The summed E-state index contributed by atoms with van der Waals surface area (Å²) in [6.45, 7) is 2.51. The molecule has 0 amide bonds.